The first-order chi connectivity index (χ1) is 11.6. The van der Waals surface area contributed by atoms with Crippen molar-refractivity contribution in [1.29, 1.82) is 0 Å². The van der Waals surface area contributed by atoms with Gasteiger partial charge in [0, 0.05) is 11.8 Å². The highest BCUT2D eigenvalue weighted by atomic mass is 35.5. The summed E-state index contributed by atoms with van der Waals surface area (Å²) in [5.74, 6) is 0. The van der Waals surface area contributed by atoms with Gasteiger partial charge in [0.2, 0.25) is 10.0 Å². The highest BCUT2D eigenvalue weighted by Gasteiger charge is 2.19. The summed E-state index contributed by atoms with van der Waals surface area (Å²) in [6.45, 7) is 0. The van der Waals surface area contributed by atoms with Gasteiger partial charge >= 0.3 is 0 Å². The fourth-order valence-corrected chi connectivity index (χ4v) is 2.78. The molecule has 0 saturated heterocycles. The van der Waals surface area contributed by atoms with Crippen molar-refractivity contribution < 1.29 is 18.3 Å². The van der Waals surface area contributed by atoms with Crippen LogP contribution in [0.3, 0.4) is 0 Å². The van der Waals surface area contributed by atoms with Crippen molar-refractivity contribution in [2.45, 2.75) is 0 Å². The smallest absolute Gasteiger partial charge is 0.299 e. The van der Waals surface area contributed by atoms with Crippen LogP contribution in [0.4, 0.5) is 28.4 Å². The number of non-ortho nitro benzene ring substituents is 1. The van der Waals surface area contributed by atoms with Crippen LogP contribution in [-0.2, 0) is 10.0 Å². The monoisotopic (exact) mass is 386 g/mol. The molecule has 132 valence electrons. The fraction of sp³-hybridized carbons (Fsp3) is 0.0769. The molecule has 2 aromatic rings. The summed E-state index contributed by atoms with van der Waals surface area (Å²) in [5.41, 5.74) is -0.393. The van der Waals surface area contributed by atoms with Gasteiger partial charge in [-0.2, -0.15) is 0 Å². The lowest BCUT2D eigenvalue weighted by atomic mass is 10.2. The maximum absolute atomic E-state index is 11.2. The molecule has 2 rings (SSSR count). The highest BCUT2D eigenvalue weighted by molar-refractivity contribution is 7.92. The van der Waals surface area contributed by atoms with Gasteiger partial charge < -0.3 is 5.32 Å². The van der Waals surface area contributed by atoms with Crippen LogP contribution in [0.2, 0.25) is 5.02 Å². The number of rotatable bonds is 6. The Morgan fingerprint density at radius 1 is 1.00 bits per heavy atom. The Morgan fingerprint density at radius 2 is 1.64 bits per heavy atom. The summed E-state index contributed by atoms with van der Waals surface area (Å²) in [4.78, 5) is 20.3. The molecule has 0 atom stereocenters. The molecule has 0 unspecified atom stereocenters. The van der Waals surface area contributed by atoms with E-state index in [-0.39, 0.29) is 16.4 Å². The van der Waals surface area contributed by atoms with E-state index in [2.05, 4.69) is 10.0 Å². The molecule has 0 bridgehead atoms. The third-order valence-electron chi connectivity index (χ3n) is 2.93. The van der Waals surface area contributed by atoms with Crippen molar-refractivity contribution in [3.63, 3.8) is 0 Å². The molecule has 0 heterocycles. The summed E-state index contributed by atoms with van der Waals surface area (Å²) in [5, 5.41) is 24.6. The molecule has 2 N–H and O–H groups in total. The minimum atomic E-state index is -3.51. The Balaban J connectivity index is 2.35. The quantitative estimate of drug-likeness (QED) is 0.572. The average Bonchev–Trinajstić information content (AvgIpc) is 2.48. The van der Waals surface area contributed by atoms with Crippen LogP contribution in [-0.4, -0.2) is 24.5 Å². The molecule has 25 heavy (non-hydrogen) atoms. The van der Waals surface area contributed by atoms with Gasteiger partial charge in [-0.15, -0.1) is 0 Å². The second kappa shape index (κ2) is 6.91. The van der Waals surface area contributed by atoms with Crippen LogP contribution in [0.25, 0.3) is 0 Å². The molecular weight excluding hydrogens is 376 g/mol. The van der Waals surface area contributed by atoms with Crippen LogP contribution in [0.5, 0.6) is 0 Å². The number of halogens is 1. The zero-order valence-corrected chi connectivity index (χ0v) is 14.2. The number of nitro benzene ring substituents is 2. The van der Waals surface area contributed by atoms with Crippen molar-refractivity contribution in [3.05, 3.63) is 61.6 Å². The maximum Gasteiger partial charge on any atom is 0.299 e. The molecule has 0 saturated carbocycles. The maximum atomic E-state index is 11.2. The summed E-state index contributed by atoms with van der Waals surface area (Å²) in [6, 6.07) is 7.35. The van der Waals surface area contributed by atoms with Gasteiger partial charge in [-0.05, 0) is 24.3 Å². The summed E-state index contributed by atoms with van der Waals surface area (Å²) in [7, 11) is -3.51. The minimum Gasteiger partial charge on any atom is -0.350 e. The molecule has 0 fully saturated rings. The van der Waals surface area contributed by atoms with Crippen molar-refractivity contribution in [1.82, 2.24) is 0 Å². The van der Waals surface area contributed by atoms with Gasteiger partial charge in [-0.1, -0.05) is 11.6 Å². The molecule has 0 amide bonds. The SMILES string of the molecule is CS(=O)(=O)Nc1ccc(Nc2ccc([N+](=O)[O-])cc2[N+](=O)[O-])cc1Cl. The van der Waals surface area contributed by atoms with E-state index < -0.39 is 31.2 Å². The number of hydrogen-bond acceptors (Lipinski definition) is 7. The first-order valence-electron chi connectivity index (χ1n) is 6.54. The van der Waals surface area contributed by atoms with Crippen LogP contribution >= 0.6 is 11.6 Å². The number of anilines is 3. The van der Waals surface area contributed by atoms with Crippen molar-refractivity contribution in [2.24, 2.45) is 0 Å². The molecule has 0 spiro atoms. The molecule has 0 aliphatic heterocycles. The van der Waals surface area contributed by atoms with Gasteiger partial charge in [0.1, 0.15) is 5.69 Å². The molecular formula is C13H11ClN4O6S. The zero-order valence-electron chi connectivity index (χ0n) is 12.6. The summed E-state index contributed by atoms with van der Waals surface area (Å²) < 4.78 is 24.7. The first kappa shape index (κ1) is 18.4. The molecule has 0 aliphatic rings. The number of benzene rings is 2. The van der Waals surface area contributed by atoms with Crippen LogP contribution in [0.15, 0.2) is 36.4 Å². The van der Waals surface area contributed by atoms with Crippen molar-refractivity contribution in [3.8, 4) is 0 Å². The zero-order chi connectivity index (χ0) is 18.8. The normalized spacial score (nSPS) is 11.0. The third-order valence-corrected chi connectivity index (χ3v) is 3.84. The number of hydrogen-bond donors (Lipinski definition) is 2. The predicted molar refractivity (Wildman–Crippen MR) is 93.0 cm³/mol. The molecule has 10 nitrogen and oxygen atoms in total. The van der Waals surface area contributed by atoms with Crippen LogP contribution in [0.1, 0.15) is 0 Å². The van der Waals surface area contributed by atoms with E-state index in [0.717, 1.165) is 18.4 Å². The number of nitro groups is 2. The van der Waals surface area contributed by atoms with Crippen molar-refractivity contribution in [2.75, 3.05) is 16.3 Å². The van der Waals surface area contributed by atoms with Gasteiger partial charge in [-0.25, -0.2) is 8.42 Å². The van der Waals surface area contributed by atoms with E-state index in [1.807, 2.05) is 0 Å². The molecule has 0 aliphatic carbocycles. The van der Waals surface area contributed by atoms with Gasteiger partial charge in [0.05, 0.1) is 32.9 Å². The number of nitrogens with one attached hydrogen (secondary N) is 2. The Bertz CT molecular complexity index is 963. The second-order valence-corrected chi connectivity index (χ2v) is 7.07. The lowest BCUT2D eigenvalue weighted by molar-refractivity contribution is -0.393. The van der Waals surface area contributed by atoms with E-state index in [0.29, 0.717) is 5.69 Å². The van der Waals surface area contributed by atoms with E-state index in [4.69, 9.17) is 11.6 Å². The Hall–Kier alpha value is -2.92. The Kier molecular flexibility index (Phi) is 5.09. The molecule has 12 heteroatoms. The van der Waals surface area contributed by atoms with Crippen LogP contribution < -0.4 is 10.0 Å². The molecule has 0 aromatic heterocycles. The topological polar surface area (TPSA) is 144 Å². The Morgan fingerprint density at radius 3 is 2.16 bits per heavy atom. The van der Waals surface area contributed by atoms with Gasteiger partial charge in [0.25, 0.3) is 11.4 Å². The lowest BCUT2D eigenvalue weighted by Crippen LogP contribution is -2.09. The van der Waals surface area contributed by atoms with Crippen LogP contribution in [0, 0.1) is 20.2 Å². The number of nitrogens with zero attached hydrogens (tertiary/aromatic N) is 2. The standard InChI is InChI=1S/C13H11ClN4O6S/c1-25(23,24)16-11-4-2-8(6-10(11)14)15-12-5-3-9(17(19)20)7-13(12)18(21)22/h2-7,15-16H,1H3. The van der Waals surface area contributed by atoms with E-state index in [9.17, 15) is 28.6 Å². The van der Waals surface area contributed by atoms with E-state index in [1.165, 1.54) is 24.3 Å². The summed E-state index contributed by atoms with van der Waals surface area (Å²) in [6.07, 6.45) is 0.968. The lowest BCUT2D eigenvalue weighted by Gasteiger charge is -2.10. The molecule has 0 radical (unpaired) electrons. The van der Waals surface area contributed by atoms with Gasteiger partial charge in [-0.3, -0.25) is 25.0 Å². The van der Waals surface area contributed by atoms with E-state index >= 15 is 0 Å². The fourth-order valence-electron chi connectivity index (χ4n) is 1.92. The first-order valence-corrected chi connectivity index (χ1v) is 8.81. The highest BCUT2D eigenvalue weighted by Crippen LogP contribution is 2.33. The third kappa shape index (κ3) is 4.78. The molecule has 2 aromatic carbocycles. The number of sulfonamides is 1. The minimum absolute atomic E-state index is 0.0236. The van der Waals surface area contributed by atoms with E-state index in [1.54, 1.807) is 0 Å². The Labute approximate surface area is 146 Å². The van der Waals surface area contributed by atoms with Crippen molar-refractivity contribution >= 4 is 50.1 Å². The predicted octanol–water partition coefficient (Wildman–Crippen LogP) is 3.27. The van der Waals surface area contributed by atoms with Gasteiger partial charge in [0.15, 0.2) is 0 Å². The summed E-state index contributed by atoms with van der Waals surface area (Å²) >= 11 is 5.98. The average molecular weight is 387 g/mol. The second-order valence-electron chi connectivity index (χ2n) is 4.91. The largest absolute Gasteiger partial charge is 0.350 e.